The van der Waals surface area contributed by atoms with Crippen molar-refractivity contribution in [1.29, 1.82) is 5.41 Å². The third-order valence-electron chi connectivity index (χ3n) is 2.70. The molecule has 0 atom stereocenters. The van der Waals surface area contributed by atoms with Gasteiger partial charge in [-0.2, -0.15) is 0 Å². The first-order valence-electron chi connectivity index (χ1n) is 5.17. The van der Waals surface area contributed by atoms with Gasteiger partial charge in [-0.1, -0.05) is 6.08 Å². The number of morpholine rings is 1. The number of hydrogen-bond donors (Lipinski definition) is 1. The van der Waals surface area contributed by atoms with Gasteiger partial charge in [0.15, 0.2) is 0 Å². The van der Waals surface area contributed by atoms with Crippen LogP contribution in [-0.2, 0) is 4.74 Å². The first kappa shape index (κ1) is 9.68. The summed E-state index contributed by atoms with van der Waals surface area (Å²) in [5.74, 6) is 0.721. The summed E-state index contributed by atoms with van der Waals surface area (Å²) >= 11 is 0. The van der Waals surface area contributed by atoms with Crippen molar-refractivity contribution in [2.24, 2.45) is 0 Å². The minimum absolute atomic E-state index is 0.721. The van der Waals surface area contributed by atoms with Crippen LogP contribution in [0.15, 0.2) is 12.3 Å². The number of amidine groups is 1. The zero-order chi connectivity index (χ0) is 9.80. The van der Waals surface area contributed by atoms with E-state index in [2.05, 4.69) is 4.90 Å². The average Bonchev–Trinajstić information content (AvgIpc) is 2.63. The molecule has 2 rings (SSSR count). The molecule has 0 spiro atoms. The van der Waals surface area contributed by atoms with Crippen molar-refractivity contribution in [3.05, 3.63) is 12.3 Å². The van der Waals surface area contributed by atoms with Crippen LogP contribution in [0.25, 0.3) is 0 Å². The predicted molar refractivity (Wildman–Crippen MR) is 55.4 cm³/mol. The minimum atomic E-state index is 0.721. The highest BCUT2D eigenvalue weighted by Crippen LogP contribution is 2.06. The Hall–Kier alpha value is -0.870. The molecule has 0 unspecified atom stereocenters. The van der Waals surface area contributed by atoms with E-state index in [1.54, 1.807) is 0 Å². The lowest BCUT2D eigenvalue weighted by Gasteiger charge is -2.28. The van der Waals surface area contributed by atoms with Gasteiger partial charge in [0.1, 0.15) is 5.84 Å². The Kier molecular flexibility index (Phi) is 3.16. The molecule has 1 fully saturated rings. The highest BCUT2D eigenvalue weighted by Gasteiger charge is 2.14. The van der Waals surface area contributed by atoms with Gasteiger partial charge >= 0.3 is 0 Å². The molecule has 0 amide bonds. The van der Waals surface area contributed by atoms with Crippen LogP contribution in [0, 0.1) is 5.41 Å². The zero-order valence-electron chi connectivity index (χ0n) is 8.41. The van der Waals surface area contributed by atoms with E-state index in [4.69, 9.17) is 10.1 Å². The van der Waals surface area contributed by atoms with Crippen molar-refractivity contribution in [3.63, 3.8) is 0 Å². The van der Waals surface area contributed by atoms with E-state index < -0.39 is 0 Å². The largest absolute Gasteiger partial charge is 0.379 e. The van der Waals surface area contributed by atoms with Gasteiger partial charge in [0.05, 0.1) is 13.2 Å². The molecule has 2 heterocycles. The van der Waals surface area contributed by atoms with Crippen LogP contribution < -0.4 is 0 Å². The second-order valence-corrected chi connectivity index (χ2v) is 3.68. The monoisotopic (exact) mass is 195 g/mol. The van der Waals surface area contributed by atoms with Gasteiger partial charge in [-0.05, 0) is 0 Å². The van der Waals surface area contributed by atoms with Crippen LogP contribution in [0.2, 0.25) is 0 Å². The van der Waals surface area contributed by atoms with Gasteiger partial charge in [0.25, 0.3) is 0 Å². The molecule has 2 aliphatic rings. The predicted octanol–water partition coefficient (Wildman–Crippen LogP) is 0.515. The Morgan fingerprint density at radius 3 is 2.71 bits per heavy atom. The van der Waals surface area contributed by atoms with Crippen molar-refractivity contribution in [2.45, 2.75) is 6.42 Å². The molecule has 0 aliphatic carbocycles. The Labute approximate surface area is 84.6 Å². The standard InChI is InChI=1S/C10H17N3O/c11-10-2-1-3-13(10)5-4-12-6-8-14-9-7-12/h1,3,11H,2,4-9H2. The van der Waals surface area contributed by atoms with Crippen molar-refractivity contribution < 1.29 is 4.74 Å². The topological polar surface area (TPSA) is 39.6 Å². The first-order chi connectivity index (χ1) is 6.86. The molecule has 1 saturated heterocycles. The average molecular weight is 195 g/mol. The fourth-order valence-corrected chi connectivity index (χ4v) is 1.78. The lowest BCUT2D eigenvalue weighted by molar-refractivity contribution is 0.0369. The van der Waals surface area contributed by atoms with Crippen molar-refractivity contribution in [2.75, 3.05) is 39.4 Å². The fourth-order valence-electron chi connectivity index (χ4n) is 1.78. The van der Waals surface area contributed by atoms with Gasteiger partial charge in [-0.15, -0.1) is 0 Å². The highest BCUT2D eigenvalue weighted by atomic mass is 16.5. The van der Waals surface area contributed by atoms with E-state index in [9.17, 15) is 0 Å². The second-order valence-electron chi connectivity index (χ2n) is 3.68. The summed E-state index contributed by atoms with van der Waals surface area (Å²) in [5.41, 5.74) is 0. The summed E-state index contributed by atoms with van der Waals surface area (Å²) < 4.78 is 5.28. The third-order valence-corrected chi connectivity index (χ3v) is 2.70. The molecule has 4 nitrogen and oxygen atoms in total. The van der Waals surface area contributed by atoms with Gasteiger partial charge in [-0.25, -0.2) is 0 Å². The van der Waals surface area contributed by atoms with Crippen molar-refractivity contribution in [1.82, 2.24) is 9.80 Å². The molecular formula is C10H17N3O. The Morgan fingerprint density at radius 1 is 1.29 bits per heavy atom. The van der Waals surface area contributed by atoms with Crippen molar-refractivity contribution >= 4 is 5.84 Å². The van der Waals surface area contributed by atoms with Crippen LogP contribution in [0.3, 0.4) is 0 Å². The van der Waals surface area contributed by atoms with E-state index in [1.807, 2.05) is 17.2 Å². The van der Waals surface area contributed by atoms with Crippen LogP contribution in [0.1, 0.15) is 6.42 Å². The molecule has 14 heavy (non-hydrogen) atoms. The molecule has 1 N–H and O–H groups in total. The minimum Gasteiger partial charge on any atom is -0.379 e. The molecule has 0 aromatic rings. The SMILES string of the molecule is N=C1CC=CN1CCN1CCOCC1. The summed E-state index contributed by atoms with van der Waals surface area (Å²) in [6, 6.07) is 0. The van der Waals surface area contributed by atoms with Crippen LogP contribution in [-0.4, -0.2) is 55.0 Å². The summed E-state index contributed by atoms with van der Waals surface area (Å²) in [4.78, 5) is 4.42. The van der Waals surface area contributed by atoms with Crippen LogP contribution in [0.5, 0.6) is 0 Å². The van der Waals surface area contributed by atoms with E-state index in [-0.39, 0.29) is 0 Å². The Morgan fingerprint density at radius 2 is 2.07 bits per heavy atom. The summed E-state index contributed by atoms with van der Waals surface area (Å²) in [5, 5.41) is 7.64. The number of hydrogen-bond acceptors (Lipinski definition) is 3. The summed E-state index contributed by atoms with van der Waals surface area (Å²) in [7, 11) is 0. The quantitative estimate of drug-likeness (QED) is 0.713. The van der Waals surface area contributed by atoms with Crippen LogP contribution >= 0.6 is 0 Å². The Bertz CT molecular complexity index is 234. The normalized spacial score (nSPS) is 23.4. The van der Waals surface area contributed by atoms with Gasteiger partial charge < -0.3 is 9.64 Å². The molecular weight excluding hydrogens is 178 g/mol. The maximum Gasteiger partial charge on any atom is 0.104 e. The third kappa shape index (κ3) is 2.33. The molecule has 4 heteroatoms. The molecule has 0 aromatic carbocycles. The van der Waals surface area contributed by atoms with Gasteiger partial charge in [0, 0.05) is 38.8 Å². The van der Waals surface area contributed by atoms with Gasteiger partial charge in [0.2, 0.25) is 0 Å². The summed E-state index contributed by atoms with van der Waals surface area (Å²) in [6.07, 6.45) is 4.85. The fraction of sp³-hybridized carbons (Fsp3) is 0.700. The molecule has 0 bridgehead atoms. The summed E-state index contributed by atoms with van der Waals surface area (Å²) in [6.45, 7) is 5.75. The first-order valence-corrected chi connectivity index (χ1v) is 5.17. The maximum atomic E-state index is 7.64. The Balaban J connectivity index is 1.70. The number of nitrogens with one attached hydrogen (secondary N) is 1. The van der Waals surface area contributed by atoms with Gasteiger partial charge in [-0.3, -0.25) is 10.3 Å². The lowest BCUT2D eigenvalue weighted by atomic mass is 10.4. The maximum absolute atomic E-state index is 7.64. The van der Waals surface area contributed by atoms with E-state index in [1.165, 1.54) is 0 Å². The second kappa shape index (κ2) is 4.57. The zero-order valence-corrected chi connectivity index (χ0v) is 8.41. The molecule has 78 valence electrons. The smallest absolute Gasteiger partial charge is 0.104 e. The van der Waals surface area contributed by atoms with E-state index in [0.29, 0.717) is 0 Å². The number of rotatable bonds is 3. The van der Waals surface area contributed by atoms with Crippen molar-refractivity contribution in [3.8, 4) is 0 Å². The van der Waals surface area contributed by atoms with Crippen LogP contribution in [0.4, 0.5) is 0 Å². The molecule has 0 saturated carbocycles. The number of nitrogens with zero attached hydrogens (tertiary/aromatic N) is 2. The highest BCUT2D eigenvalue weighted by molar-refractivity contribution is 5.83. The molecule has 2 aliphatic heterocycles. The molecule has 0 aromatic heterocycles. The number of ether oxygens (including phenoxy) is 1. The molecule has 0 radical (unpaired) electrons. The van der Waals surface area contributed by atoms with E-state index in [0.717, 1.165) is 51.6 Å². The lowest BCUT2D eigenvalue weighted by Crippen LogP contribution is -2.40. The van der Waals surface area contributed by atoms with E-state index >= 15 is 0 Å².